The molecular weight excluding hydrogens is 374 g/mol. The van der Waals surface area contributed by atoms with Gasteiger partial charge in [0, 0.05) is 31.9 Å². The highest BCUT2D eigenvalue weighted by molar-refractivity contribution is 7.89. The van der Waals surface area contributed by atoms with Gasteiger partial charge in [-0.05, 0) is 12.0 Å². The number of hydrogen-bond donors (Lipinski definition) is 1. The van der Waals surface area contributed by atoms with Gasteiger partial charge in [-0.1, -0.05) is 27.7 Å². The van der Waals surface area contributed by atoms with Crippen molar-refractivity contribution in [2.24, 2.45) is 5.92 Å². The number of carbonyl (C=O) groups is 2. The Labute approximate surface area is 159 Å². The van der Waals surface area contributed by atoms with Gasteiger partial charge in [-0.2, -0.15) is 4.31 Å². The summed E-state index contributed by atoms with van der Waals surface area (Å²) < 4.78 is 32.1. The lowest BCUT2D eigenvalue weighted by Gasteiger charge is -2.18. The van der Waals surface area contributed by atoms with Gasteiger partial charge < -0.3 is 14.6 Å². The van der Waals surface area contributed by atoms with Crippen LogP contribution in [0.2, 0.25) is 0 Å². The van der Waals surface area contributed by atoms with Gasteiger partial charge in [0.1, 0.15) is 6.54 Å². The number of esters is 1. The fraction of sp³-hybridized carbons (Fsp3) is 0.588. The smallest absolute Gasteiger partial charge is 0.326 e. The molecule has 0 spiro atoms. The normalized spacial score (nSPS) is 11.6. The molecule has 0 aliphatic heterocycles. The molecule has 1 amide bonds. The molecule has 10 heteroatoms. The fourth-order valence-electron chi connectivity index (χ4n) is 2.20. The Hall–Kier alpha value is -2.20. The summed E-state index contributed by atoms with van der Waals surface area (Å²) in [5.74, 6) is -0.991. The highest BCUT2D eigenvalue weighted by Crippen LogP contribution is 2.13. The van der Waals surface area contributed by atoms with Crippen LogP contribution >= 0.6 is 0 Å². The van der Waals surface area contributed by atoms with Crippen molar-refractivity contribution in [1.29, 1.82) is 0 Å². The number of nitrogens with one attached hydrogen (secondary N) is 1. The van der Waals surface area contributed by atoms with Gasteiger partial charge in [0.15, 0.2) is 6.61 Å². The zero-order chi connectivity index (χ0) is 20.6. The van der Waals surface area contributed by atoms with Crippen molar-refractivity contribution in [2.45, 2.75) is 39.1 Å². The molecule has 0 bridgehead atoms. The minimum Gasteiger partial charge on any atom is -0.454 e. The summed E-state index contributed by atoms with van der Waals surface area (Å²) in [6.07, 6.45) is 1.11. The first kappa shape index (κ1) is 22.8. The molecule has 152 valence electrons. The highest BCUT2D eigenvalue weighted by Gasteiger charge is 2.22. The molecule has 9 nitrogen and oxygen atoms in total. The Morgan fingerprint density at radius 2 is 1.85 bits per heavy atom. The minimum absolute atomic E-state index is 0.0896. The van der Waals surface area contributed by atoms with Gasteiger partial charge >= 0.3 is 5.97 Å². The first-order valence-electron chi connectivity index (χ1n) is 8.74. The molecule has 0 unspecified atom stereocenters. The lowest BCUT2D eigenvalue weighted by Crippen LogP contribution is -2.34. The van der Waals surface area contributed by atoms with Gasteiger partial charge in [0.2, 0.25) is 10.0 Å². The number of aromatic nitrogens is 1. The number of pyridine rings is 1. The lowest BCUT2D eigenvalue weighted by molar-refractivity contribution is -0.149. The molecule has 1 aromatic heterocycles. The summed E-state index contributed by atoms with van der Waals surface area (Å²) >= 11 is 0. The molecular formula is C17H27N3O6S. The third kappa shape index (κ3) is 6.79. The Bertz CT molecular complexity index is 812. The number of carbonyl (C=O) groups excluding carboxylic acids is 2. The van der Waals surface area contributed by atoms with Crippen molar-refractivity contribution in [2.75, 3.05) is 26.2 Å². The fourth-order valence-corrected chi connectivity index (χ4v) is 3.68. The molecule has 1 N–H and O–H groups in total. The number of amides is 1. The van der Waals surface area contributed by atoms with Crippen molar-refractivity contribution in [1.82, 2.24) is 14.2 Å². The second-order valence-electron chi connectivity index (χ2n) is 6.28. The van der Waals surface area contributed by atoms with E-state index in [9.17, 15) is 22.8 Å². The second-order valence-corrected chi connectivity index (χ2v) is 8.22. The SMILES string of the molecule is CCN(CC)S(=O)(=O)c1ccc(=O)n(CC(=O)OCC(=O)NCC(C)C)c1. The van der Waals surface area contributed by atoms with Crippen LogP contribution in [0.1, 0.15) is 27.7 Å². The predicted octanol–water partition coefficient (Wildman–Crippen LogP) is 0.194. The monoisotopic (exact) mass is 401 g/mol. The van der Waals surface area contributed by atoms with E-state index in [4.69, 9.17) is 4.74 Å². The minimum atomic E-state index is -3.76. The Morgan fingerprint density at radius 3 is 2.41 bits per heavy atom. The molecule has 0 radical (unpaired) electrons. The number of nitrogens with zero attached hydrogens (tertiary/aromatic N) is 2. The summed E-state index contributed by atoms with van der Waals surface area (Å²) in [7, 11) is -3.76. The van der Waals surface area contributed by atoms with E-state index in [-0.39, 0.29) is 23.9 Å². The first-order valence-corrected chi connectivity index (χ1v) is 10.2. The topological polar surface area (TPSA) is 115 Å². The molecule has 0 aliphatic rings. The lowest BCUT2D eigenvalue weighted by atomic mass is 10.2. The van der Waals surface area contributed by atoms with Crippen molar-refractivity contribution in [3.63, 3.8) is 0 Å². The van der Waals surface area contributed by atoms with Gasteiger partial charge in [0.25, 0.3) is 11.5 Å². The highest BCUT2D eigenvalue weighted by atomic mass is 32.2. The van der Waals surface area contributed by atoms with Crippen LogP contribution in [-0.4, -0.2) is 55.4 Å². The van der Waals surface area contributed by atoms with E-state index >= 15 is 0 Å². The third-order valence-corrected chi connectivity index (χ3v) is 5.70. The zero-order valence-corrected chi connectivity index (χ0v) is 16.9. The number of rotatable bonds is 10. The van der Waals surface area contributed by atoms with E-state index < -0.39 is 40.6 Å². The predicted molar refractivity (Wildman–Crippen MR) is 99.6 cm³/mol. The maximum Gasteiger partial charge on any atom is 0.326 e. The van der Waals surface area contributed by atoms with E-state index in [0.29, 0.717) is 6.54 Å². The van der Waals surface area contributed by atoms with Crippen molar-refractivity contribution in [3.05, 3.63) is 28.7 Å². The van der Waals surface area contributed by atoms with Crippen LogP contribution in [-0.2, 0) is 30.9 Å². The van der Waals surface area contributed by atoms with Crippen LogP contribution in [0.3, 0.4) is 0 Å². The number of sulfonamides is 1. The molecule has 0 saturated heterocycles. The molecule has 1 aromatic rings. The van der Waals surface area contributed by atoms with Crippen molar-refractivity contribution in [3.8, 4) is 0 Å². The van der Waals surface area contributed by atoms with Crippen molar-refractivity contribution < 1.29 is 22.7 Å². The summed E-state index contributed by atoms with van der Waals surface area (Å²) in [6, 6.07) is 2.29. The summed E-state index contributed by atoms with van der Waals surface area (Å²) in [5.41, 5.74) is -0.547. The van der Waals surface area contributed by atoms with E-state index in [1.807, 2.05) is 13.8 Å². The standard InChI is InChI=1S/C17H27N3O6S/c1-5-20(6-2)27(24,25)14-7-8-16(22)19(10-14)11-17(23)26-12-15(21)18-9-13(3)4/h7-8,10,13H,5-6,9,11-12H2,1-4H3,(H,18,21). The van der Waals surface area contributed by atoms with Gasteiger partial charge in [-0.25, -0.2) is 8.42 Å². The molecule has 0 aliphatic carbocycles. The summed E-state index contributed by atoms with van der Waals surface area (Å²) in [5, 5.41) is 2.60. The molecule has 0 fully saturated rings. The molecule has 1 rings (SSSR count). The summed E-state index contributed by atoms with van der Waals surface area (Å²) in [6.45, 7) is 7.35. The molecule has 0 atom stereocenters. The van der Waals surface area contributed by atoms with Crippen LogP contribution in [0.15, 0.2) is 28.0 Å². The van der Waals surface area contributed by atoms with Crippen LogP contribution in [0.5, 0.6) is 0 Å². The Morgan fingerprint density at radius 1 is 1.22 bits per heavy atom. The quantitative estimate of drug-likeness (QED) is 0.560. The average Bonchev–Trinajstić information content (AvgIpc) is 2.60. The molecule has 27 heavy (non-hydrogen) atoms. The maximum absolute atomic E-state index is 12.5. The number of ether oxygens (including phenoxy) is 1. The maximum atomic E-state index is 12.5. The summed E-state index contributed by atoms with van der Waals surface area (Å²) in [4.78, 5) is 35.3. The van der Waals surface area contributed by atoms with E-state index in [1.54, 1.807) is 13.8 Å². The second kappa shape index (κ2) is 10.2. The Kier molecular flexibility index (Phi) is 8.64. The zero-order valence-electron chi connectivity index (χ0n) is 16.1. The first-order chi connectivity index (χ1) is 12.6. The van der Waals surface area contributed by atoms with E-state index in [1.165, 1.54) is 10.4 Å². The van der Waals surface area contributed by atoms with Crippen LogP contribution < -0.4 is 10.9 Å². The average molecular weight is 401 g/mol. The Balaban J connectivity index is 2.82. The van der Waals surface area contributed by atoms with Crippen molar-refractivity contribution >= 4 is 21.9 Å². The molecule has 1 heterocycles. The van der Waals surface area contributed by atoms with Crippen LogP contribution in [0.25, 0.3) is 0 Å². The van der Waals surface area contributed by atoms with E-state index in [2.05, 4.69) is 5.32 Å². The van der Waals surface area contributed by atoms with Crippen LogP contribution in [0.4, 0.5) is 0 Å². The van der Waals surface area contributed by atoms with E-state index in [0.717, 1.165) is 16.8 Å². The van der Waals surface area contributed by atoms with Crippen LogP contribution in [0, 0.1) is 5.92 Å². The van der Waals surface area contributed by atoms with Gasteiger partial charge in [-0.3, -0.25) is 14.4 Å². The number of hydrogen-bond acceptors (Lipinski definition) is 6. The molecule has 0 aromatic carbocycles. The van der Waals surface area contributed by atoms with Gasteiger partial charge in [-0.15, -0.1) is 0 Å². The molecule has 0 saturated carbocycles. The third-order valence-electron chi connectivity index (χ3n) is 3.67. The van der Waals surface area contributed by atoms with Gasteiger partial charge in [0.05, 0.1) is 4.90 Å². The largest absolute Gasteiger partial charge is 0.454 e.